The molecule has 3 heterocycles. The van der Waals surface area contributed by atoms with E-state index in [0.29, 0.717) is 38.4 Å². The highest BCUT2D eigenvalue weighted by atomic mass is 19.4. The van der Waals surface area contributed by atoms with E-state index in [-0.39, 0.29) is 18.7 Å². The van der Waals surface area contributed by atoms with Crippen molar-refractivity contribution < 1.29 is 18.3 Å². The molecule has 112 valence electrons. The highest BCUT2D eigenvalue weighted by Gasteiger charge is 2.39. The van der Waals surface area contributed by atoms with Gasteiger partial charge in [-0.1, -0.05) is 0 Å². The van der Waals surface area contributed by atoms with E-state index in [1.54, 1.807) is 0 Å². The molecule has 0 aromatic carbocycles. The van der Waals surface area contributed by atoms with E-state index in [0.717, 1.165) is 4.57 Å². The molecule has 0 aliphatic carbocycles. The van der Waals surface area contributed by atoms with Crippen LogP contribution in [0.1, 0.15) is 18.1 Å². The van der Waals surface area contributed by atoms with Gasteiger partial charge in [-0.15, -0.1) is 10.2 Å². The van der Waals surface area contributed by atoms with Gasteiger partial charge in [0.1, 0.15) is 5.82 Å². The average molecular weight is 291 g/mol. The van der Waals surface area contributed by atoms with Crippen molar-refractivity contribution in [3.8, 4) is 0 Å². The van der Waals surface area contributed by atoms with Crippen LogP contribution in [0.3, 0.4) is 0 Å². The summed E-state index contributed by atoms with van der Waals surface area (Å²) in [5, 5.41) is 19.5. The Bertz CT molecular complexity index is 489. The summed E-state index contributed by atoms with van der Waals surface area (Å²) in [4.78, 5) is 2.04. The lowest BCUT2D eigenvalue weighted by atomic mass is 10.2. The Kier molecular flexibility index (Phi) is 3.43. The molecule has 6 nitrogen and oxygen atoms in total. The minimum Gasteiger partial charge on any atom is -0.392 e. The molecule has 20 heavy (non-hydrogen) atoms. The van der Waals surface area contributed by atoms with Gasteiger partial charge in [0.05, 0.1) is 12.6 Å². The van der Waals surface area contributed by atoms with E-state index in [4.69, 9.17) is 0 Å². The number of hydrogen-bond acceptors (Lipinski definition) is 5. The van der Waals surface area contributed by atoms with Crippen LogP contribution in [0.25, 0.3) is 0 Å². The number of alkyl halides is 3. The first kappa shape index (κ1) is 13.8. The number of halogens is 3. The van der Waals surface area contributed by atoms with E-state index < -0.39 is 12.0 Å². The van der Waals surface area contributed by atoms with Gasteiger partial charge in [-0.2, -0.15) is 13.2 Å². The van der Waals surface area contributed by atoms with Crippen LogP contribution in [-0.4, -0.2) is 56.6 Å². The van der Waals surface area contributed by atoms with Crippen LogP contribution >= 0.6 is 0 Å². The Labute approximate surface area is 113 Å². The summed E-state index contributed by atoms with van der Waals surface area (Å²) in [5.74, 6) is -0.566. The SMILES string of the molecule is OC1CNC(CN2CCn3c(nnc3C(F)(F)F)C2)C1. The van der Waals surface area contributed by atoms with Crippen molar-refractivity contribution in [2.75, 3.05) is 19.6 Å². The maximum absolute atomic E-state index is 12.7. The van der Waals surface area contributed by atoms with Gasteiger partial charge in [-0.25, -0.2) is 0 Å². The fourth-order valence-electron chi connectivity index (χ4n) is 2.82. The van der Waals surface area contributed by atoms with Crippen molar-refractivity contribution >= 4 is 0 Å². The Balaban J connectivity index is 1.66. The van der Waals surface area contributed by atoms with Gasteiger partial charge in [0, 0.05) is 32.2 Å². The van der Waals surface area contributed by atoms with Crippen LogP contribution in [-0.2, 0) is 19.3 Å². The highest BCUT2D eigenvalue weighted by Crippen LogP contribution is 2.29. The van der Waals surface area contributed by atoms with Gasteiger partial charge < -0.3 is 15.0 Å². The lowest BCUT2D eigenvalue weighted by Gasteiger charge is -2.29. The third-order valence-electron chi connectivity index (χ3n) is 3.76. The van der Waals surface area contributed by atoms with E-state index in [9.17, 15) is 18.3 Å². The molecule has 3 rings (SSSR count). The average Bonchev–Trinajstić information content (AvgIpc) is 2.94. The van der Waals surface area contributed by atoms with Crippen molar-refractivity contribution in [2.24, 2.45) is 0 Å². The van der Waals surface area contributed by atoms with Crippen molar-refractivity contribution in [3.63, 3.8) is 0 Å². The summed E-state index contributed by atoms with van der Waals surface area (Å²) >= 11 is 0. The number of aliphatic hydroxyl groups is 1. The Morgan fingerprint density at radius 3 is 2.75 bits per heavy atom. The standard InChI is InChI=1S/C11H16F3N5O/c12-11(13,14)10-17-16-9-6-18(1-2-19(9)10)5-7-3-8(20)4-15-7/h7-8,15,20H,1-6H2. The third kappa shape index (κ3) is 2.65. The summed E-state index contributed by atoms with van der Waals surface area (Å²) in [6, 6.07) is 0.182. The number of aliphatic hydroxyl groups excluding tert-OH is 1. The van der Waals surface area contributed by atoms with Crippen molar-refractivity contribution in [3.05, 3.63) is 11.6 Å². The molecule has 2 unspecified atom stereocenters. The monoisotopic (exact) mass is 291 g/mol. The quantitative estimate of drug-likeness (QED) is 0.792. The summed E-state index contributed by atoms with van der Waals surface area (Å²) in [5.41, 5.74) is 0. The molecular weight excluding hydrogens is 275 g/mol. The molecule has 0 bridgehead atoms. The second kappa shape index (κ2) is 4.97. The highest BCUT2D eigenvalue weighted by molar-refractivity contribution is 5.02. The first-order chi connectivity index (χ1) is 9.43. The fourth-order valence-corrected chi connectivity index (χ4v) is 2.82. The smallest absolute Gasteiger partial charge is 0.392 e. The first-order valence-electron chi connectivity index (χ1n) is 6.56. The first-order valence-corrected chi connectivity index (χ1v) is 6.56. The molecule has 1 fully saturated rings. The second-order valence-corrected chi connectivity index (χ2v) is 5.32. The summed E-state index contributed by atoms with van der Waals surface area (Å²) < 4.78 is 39.3. The number of aromatic nitrogens is 3. The second-order valence-electron chi connectivity index (χ2n) is 5.32. The molecule has 2 aliphatic rings. The van der Waals surface area contributed by atoms with Crippen LogP contribution in [0.2, 0.25) is 0 Å². The van der Waals surface area contributed by atoms with E-state index >= 15 is 0 Å². The number of nitrogens with one attached hydrogen (secondary N) is 1. The van der Waals surface area contributed by atoms with Gasteiger partial charge in [0.2, 0.25) is 5.82 Å². The lowest BCUT2D eigenvalue weighted by molar-refractivity contribution is -0.148. The molecule has 2 atom stereocenters. The molecule has 1 aromatic rings. The van der Waals surface area contributed by atoms with Gasteiger partial charge in [0.25, 0.3) is 0 Å². The van der Waals surface area contributed by atoms with E-state index in [1.807, 2.05) is 4.90 Å². The molecule has 9 heteroatoms. The summed E-state index contributed by atoms with van der Waals surface area (Å²) in [7, 11) is 0. The fraction of sp³-hybridized carbons (Fsp3) is 0.818. The Morgan fingerprint density at radius 2 is 2.10 bits per heavy atom. The minimum atomic E-state index is -4.45. The number of fused-ring (bicyclic) bond motifs is 1. The zero-order chi connectivity index (χ0) is 14.3. The van der Waals surface area contributed by atoms with Gasteiger partial charge in [-0.3, -0.25) is 4.90 Å². The Morgan fingerprint density at radius 1 is 1.30 bits per heavy atom. The number of nitrogens with zero attached hydrogens (tertiary/aromatic N) is 4. The minimum absolute atomic E-state index is 0.182. The van der Waals surface area contributed by atoms with E-state index in [1.165, 1.54) is 0 Å². The molecule has 1 saturated heterocycles. The molecule has 2 N–H and O–H groups in total. The molecular formula is C11H16F3N5O. The van der Waals surface area contributed by atoms with Crippen molar-refractivity contribution in [2.45, 2.75) is 37.8 Å². The normalized spacial score (nSPS) is 27.8. The van der Waals surface area contributed by atoms with Crippen LogP contribution in [0, 0.1) is 0 Å². The lowest BCUT2D eigenvalue weighted by Crippen LogP contribution is -2.42. The predicted molar refractivity (Wildman–Crippen MR) is 62.7 cm³/mol. The number of hydrogen-bond donors (Lipinski definition) is 2. The van der Waals surface area contributed by atoms with Crippen LogP contribution in [0.4, 0.5) is 13.2 Å². The van der Waals surface area contributed by atoms with E-state index in [2.05, 4.69) is 15.5 Å². The maximum atomic E-state index is 12.7. The van der Waals surface area contributed by atoms with Crippen LogP contribution in [0.5, 0.6) is 0 Å². The van der Waals surface area contributed by atoms with Gasteiger partial charge >= 0.3 is 6.18 Å². The predicted octanol–water partition coefficient (Wildman–Crippen LogP) is -0.165. The zero-order valence-corrected chi connectivity index (χ0v) is 10.8. The molecule has 2 aliphatic heterocycles. The van der Waals surface area contributed by atoms with Crippen LogP contribution < -0.4 is 5.32 Å². The maximum Gasteiger partial charge on any atom is 0.451 e. The molecule has 0 spiro atoms. The largest absolute Gasteiger partial charge is 0.451 e. The van der Waals surface area contributed by atoms with Crippen molar-refractivity contribution in [1.82, 2.24) is 25.0 Å². The zero-order valence-electron chi connectivity index (χ0n) is 10.8. The van der Waals surface area contributed by atoms with Crippen molar-refractivity contribution in [1.29, 1.82) is 0 Å². The molecule has 0 saturated carbocycles. The molecule has 0 radical (unpaired) electrons. The summed E-state index contributed by atoms with van der Waals surface area (Å²) in [6.45, 7) is 2.41. The molecule has 1 aromatic heterocycles. The summed E-state index contributed by atoms with van der Waals surface area (Å²) in [6.07, 6.45) is -4.10. The topological polar surface area (TPSA) is 66.2 Å². The molecule has 0 amide bonds. The number of rotatable bonds is 2. The van der Waals surface area contributed by atoms with Crippen LogP contribution in [0.15, 0.2) is 0 Å². The third-order valence-corrected chi connectivity index (χ3v) is 3.76. The Hall–Kier alpha value is -1.19. The van der Waals surface area contributed by atoms with Gasteiger partial charge in [-0.05, 0) is 6.42 Å². The number of β-amino-alcohol motifs (C(OH)–C–C–N with tert-alkyl or cyclic N) is 1. The van der Waals surface area contributed by atoms with Gasteiger partial charge in [0.15, 0.2) is 0 Å².